The predicted molar refractivity (Wildman–Crippen MR) is 56.8 cm³/mol. The highest BCUT2D eigenvalue weighted by Crippen LogP contribution is 2.34. The second-order valence-corrected chi connectivity index (χ2v) is 5.12. The van der Waals surface area contributed by atoms with Gasteiger partial charge in [0.05, 0.1) is 5.60 Å². The van der Waals surface area contributed by atoms with Gasteiger partial charge < -0.3 is 9.84 Å². The average Bonchev–Trinajstić information content (AvgIpc) is 2.14. The minimum atomic E-state index is -1.32. The smallest absolute Gasteiger partial charge is 0.450 e. The molecule has 5 heteroatoms. The molecule has 0 aliphatic heterocycles. The van der Waals surface area contributed by atoms with Crippen molar-refractivity contribution in [3.05, 3.63) is 0 Å². The Morgan fingerprint density at radius 1 is 1.19 bits per heavy atom. The Hall–Kier alpha value is -0.810. The van der Waals surface area contributed by atoms with E-state index in [4.69, 9.17) is 19.6 Å². The second-order valence-electron chi connectivity index (χ2n) is 5.12. The average molecular weight is 232 g/mol. The highest BCUT2D eigenvalue weighted by molar-refractivity contribution is 5.57. The summed E-state index contributed by atoms with van der Waals surface area (Å²) in [5, 5.41) is 8.70. The lowest BCUT2D eigenvalue weighted by molar-refractivity contribution is -0.455. The zero-order valence-corrected chi connectivity index (χ0v) is 10.1. The summed E-state index contributed by atoms with van der Waals surface area (Å²) in [6.45, 7) is 5.51. The molecule has 94 valence electrons. The highest BCUT2D eigenvalue weighted by atomic mass is 17.2. The van der Waals surface area contributed by atoms with Crippen molar-refractivity contribution in [2.45, 2.75) is 64.3 Å². The van der Waals surface area contributed by atoms with Gasteiger partial charge in [-0.3, -0.25) is 0 Å². The number of ether oxygens (including phenoxy) is 1. The first-order chi connectivity index (χ1) is 7.33. The lowest BCUT2D eigenvalue weighted by atomic mass is 9.94. The number of carboxylic acid groups (broad SMARTS) is 1. The molecule has 0 spiro atoms. The Labute approximate surface area is 95.6 Å². The van der Waals surface area contributed by atoms with Crippen LogP contribution in [0.4, 0.5) is 4.79 Å². The van der Waals surface area contributed by atoms with Crippen molar-refractivity contribution in [1.82, 2.24) is 0 Å². The van der Waals surface area contributed by atoms with Crippen LogP contribution in [-0.2, 0) is 14.5 Å². The topological polar surface area (TPSA) is 65.0 Å². The van der Waals surface area contributed by atoms with Gasteiger partial charge in [0.2, 0.25) is 5.79 Å². The van der Waals surface area contributed by atoms with Gasteiger partial charge in [-0.25, -0.2) is 9.68 Å². The molecule has 0 saturated heterocycles. The number of carbonyl (C=O) groups is 1. The predicted octanol–water partition coefficient (Wildman–Crippen LogP) is 3.09. The molecule has 0 radical (unpaired) electrons. The third kappa shape index (κ3) is 4.37. The highest BCUT2D eigenvalue weighted by Gasteiger charge is 2.40. The van der Waals surface area contributed by atoms with Crippen molar-refractivity contribution in [3.63, 3.8) is 0 Å². The van der Waals surface area contributed by atoms with Gasteiger partial charge in [-0.1, -0.05) is 6.42 Å². The molecule has 0 amide bonds. The molecule has 1 rings (SSSR count). The van der Waals surface area contributed by atoms with Gasteiger partial charge in [0.25, 0.3) is 0 Å². The van der Waals surface area contributed by atoms with Crippen LogP contribution in [0.1, 0.15) is 52.9 Å². The van der Waals surface area contributed by atoms with E-state index in [2.05, 4.69) is 0 Å². The van der Waals surface area contributed by atoms with Crippen LogP contribution in [0.3, 0.4) is 0 Å². The number of hydrogen-bond acceptors (Lipinski definition) is 4. The normalized spacial score (nSPS) is 20.4. The molecule has 0 unspecified atom stereocenters. The molecular formula is C11H20O5. The van der Waals surface area contributed by atoms with Crippen LogP contribution in [0.15, 0.2) is 0 Å². The third-order valence-corrected chi connectivity index (χ3v) is 2.33. The lowest BCUT2D eigenvalue weighted by Crippen LogP contribution is -2.41. The summed E-state index contributed by atoms with van der Waals surface area (Å²) in [5.41, 5.74) is -0.480. The summed E-state index contributed by atoms with van der Waals surface area (Å²) in [4.78, 5) is 21.1. The van der Waals surface area contributed by atoms with E-state index in [-0.39, 0.29) is 0 Å². The first-order valence-corrected chi connectivity index (χ1v) is 5.62. The summed E-state index contributed by atoms with van der Waals surface area (Å²) in [5.74, 6) is -1.11. The molecule has 1 aliphatic rings. The molecule has 5 nitrogen and oxygen atoms in total. The Morgan fingerprint density at radius 2 is 1.75 bits per heavy atom. The quantitative estimate of drug-likeness (QED) is 0.350. The Kier molecular flexibility index (Phi) is 4.15. The Morgan fingerprint density at radius 3 is 2.19 bits per heavy atom. The van der Waals surface area contributed by atoms with E-state index < -0.39 is 17.5 Å². The molecule has 0 atom stereocenters. The van der Waals surface area contributed by atoms with E-state index >= 15 is 0 Å². The minimum absolute atomic E-state index is 0.480. The molecule has 1 saturated carbocycles. The third-order valence-electron chi connectivity index (χ3n) is 2.33. The van der Waals surface area contributed by atoms with Crippen LogP contribution in [0.2, 0.25) is 0 Å². The van der Waals surface area contributed by atoms with E-state index in [0.717, 1.165) is 19.3 Å². The molecule has 0 aromatic heterocycles. The van der Waals surface area contributed by atoms with Crippen molar-refractivity contribution >= 4 is 6.16 Å². The van der Waals surface area contributed by atoms with Gasteiger partial charge in [0, 0.05) is 12.8 Å². The molecule has 0 aromatic rings. The molecule has 1 aliphatic carbocycles. The van der Waals surface area contributed by atoms with Crippen LogP contribution in [0, 0.1) is 0 Å². The Bertz CT molecular complexity index is 237. The largest absolute Gasteiger partial charge is 0.508 e. The van der Waals surface area contributed by atoms with Gasteiger partial charge in [0.15, 0.2) is 0 Å². The second kappa shape index (κ2) is 5.01. The fraction of sp³-hybridized carbons (Fsp3) is 0.909. The zero-order valence-electron chi connectivity index (χ0n) is 10.1. The van der Waals surface area contributed by atoms with Gasteiger partial charge in [-0.05, 0) is 33.6 Å². The standard InChI is InChI=1S/C11H20O5/c1-10(2,3)15-16-11(14-9(12)13)7-5-4-6-8-11/h4-8H2,1-3H3,(H,12,13). The van der Waals surface area contributed by atoms with Crippen LogP contribution in [0.25, 0.3) is 0 Å². The van der Waals surface area contributed by atoms with Crippen molar-refractivity contribution in [1.29, 1.82) is 0 Å². The molecular weight excluding hydrogens is 212 g/mol. The van der Waals surface area contributed by atoms with Gasteiger partial charge >= 0.3 is 6.16 Å². The number of hydrogen-bond donors (Lipinski definition) is 1. The monoisotopic (exact) mass is 232 g/mol. The summed E-state index contributed by atoms with van der Waals surface area (Å²) >= 11 is 0. The van der Waals surface area contributed by atoms with Crippen molar-refractivity contribution < 1.29 is 24.4 Å². The summed E-state index contributed by atoms with van der Waals surface area (Å²) < 4.78 is 4.84. The van der Waals surface area contributed by atoms with E-state index in [1.807, 2.05) is 20.8 Å². The van der Waals surface area contributed by atoms with Crippen molar-refractivity contribution in [2.24, 2.45) is 0 Å². The van der Waals surface area contributed by atoms with Crippen LogP contribution in [-0.4, -0.2) is 22.7 Å². The van der Waals surface area contributed by atoms with E-state index in [0.29, 0.717) is 12.8 Å². The van der Waals surface area contributed by atoms with Crippen molar-refractivity contribution in [3.8, 4) is 0 Å². The molecule has 0 aromatic carbocycles. The molecule has 0 bridgehead atoms. The molecule has 1 fully saturated rings. The van der Waals surface area contributed by atoms with Gasteiger partial charge in [-0.2, -0.15) is 4.89 Å². The Balaban J connectivity index is 2.59. The zero-order chi connectivity index (χ0) is 12.2. The summed E-state index contributed by atoms with van der Waals surface area (Å²) in [6.07, 6.45) is 2.63. The summed E-state index contributed by atoms with van der Waals surface area (Å²) in [7, 11) is 0. The fourth-order valence-corrected chi connectivity index (χ4v) is 1.65. The maximum atomic E-state index is 10.6. The van der Waals surface area contributed by atoms with Crippen LogP contribution < -0.4 is 0 Å². The molecule has 1 N–H and O–H groups in total. The van der Waals surface area contributed by atoms with E-state index in [1.165, 1.54) is 0 Å². The maximum Gasteiger partial charge on any atom is 0.508 e. The lowest BCUT2D eigenvalue weighted by Gasteiger charge is -2.35. The fourth-order valence-electron chi connectivity index (χ4n) is 1.65. The van der Waals surface area contributed by atoms with Crippen LogP contribution >= 0.6 is 0 Å². The molecule has 0 heterocycles. The first kappa shape index (κ1) is 13.3. The van der Waals surface area contributed by atoms with E-state index in [1.54, 1.807) is 0 Å². The van der Waals surface area contributed by atoms with Crippen molar-refractivity contribution in [2.75, 3.05) is 0 Å². The summed E-state index contributed by atoms with van der Waals surface area (Å²) in [6, 6.07) is 0. The van der Waals surface area contributed by atoms with Gasteiger partial charge in [0.1, 0.15) is 0 Å². The van der Waals surface area contributed by atoms with E-state index in [9.17, 15) is 4.79 Å². The SMILES string of the molecule is CC(C)(C)OOC1(OC(=O)O)CCCCC1. The maximum absolute atomic E-state index is 10.6. The van der Waals surface area contributed by atoms with Crippen LogP contribution in [0.5, 0.6) is 0 Å². The van der Waals surface area contributed by atoms with Gasteiger partial charge in [-0.15, -0.1) is 0 Å². The number of rotatable bonds is 3. The molecule has 16 heavy (non-hydrogen) atoms. The minimum Gasteiger partial charge on any atom is -0.450 e. The first-order valence-electron chi connectivity index (χ1n) is 5.62.